The van der Waals surface area contributed by atoms with E-state index in [1.165, 1.54) is 13.8 Å². The molecule has 0 spiro atoms. The normalized spacial score (nSPS) is 13.3. The van der Waals surface area contributed by atoms with Gasteiger partial charge in [-0.25, -0.2) is 9.67 Å². The number of carbonyl (C=O) groups is 1. The SMILES string of the molecule is CSCC[C@H](NC(C)=O)c1nc(C)nn1CC(F)(F)F. The number of aromatic nitrogens is 3. The van der Waals surface area contributed by atoms with Crippen molar-refractivity contribution in [2.75, 3.05) is 12.0 Å². The molecule has 0 aliphatic rings. The van der Waals surface area contributed by atoms with Gasteiger partial charge in [0.1, 0.15) is 18.2 Å². The molecule has 1 atom stereocenters. The van der Waals surface area contributed by atoms with Gasteiger partial charge in [-0.15, -0.1) is 0 Å². The molecule has 0 aliphatic carbocycles. The molecule has 1 rings (SSSR count). The van der Waals surface area contributed by atoms with E-state index in [9.17, 15) is 18.0 Å². The van der Waals surface area contributed by atoms with Gasteiger partial charge >= 0.3 is 6.18 Å². The largest absolute Gasteiger partial charge is 0.408 e. The molecule has 1 heterocycles. The molecule has 0 saturated heterocycles. The van der Waals surface area contributed by atoms with E-state index in [0.717, 1.165) is 4.68 Å². The Morgan fingerprint density at radius 3 is 2.65 bits per heavy atom. The molecule has 0 saturated carbocycles. The van der Waals surface area contributed by atoms with Gasteiger partial charge in [0.25, 0.3) is 0 Å². The Morgan fingerprint density at radius 1 is 1.50 bits per heavy atom. The second-order valence-corrected chi connectivity index (χ2v) is 5.31. The van der Waals surface area contributed by atoms with Crippen molar-refractivity contribution in [1.82, 2.24) is 20.1 Å². The molecule has 0 aliphatic heterocycles. The number of aryl methyl sites for hydroxylation is 1. The van der Waals surface area contributed by atoms with Crippen molar-refractivity contribution in [3.63, 3.8) is 0 Å². The summed E-state index contributed by atoms with van der Waals surface area (Å²) in [5.74, 6) is 0.784. The quantitative estimate of drug-likeness (QED) is 0.874. The van der Waals surface area contributed by atoms with Crippen LogP contribution in [0.5, 0.6) is 0 Å². The number of halogens is 3. The van der Waals surface area contributed by atoms with Gasteiger partial charge in [-0.05, 0) is 25.4 Å². The standard InChI is InChI=1S/C11H17F3N4OS/c1-7-15-10(18(17-7)6-11(12,13)14)9(4-5-20-3)16-8(2)19/h9H,4-6H2,1-3H3,(H,16,19)/t9-/m0/s1. The number of thioether (sulfide) groups is 1. The van der Waals surface area contributed by atoms with Crippen molar-refractivity contribution in [3.05, 3.63) is 11.6 Å². The maximum Gasteiger partial charge on any atom is 0.408 e. The zero-order valence-electron chi connectivity index (χ0n) is 11.5. The van der Waals surface area contributed by atoms with Crippen LogP contribution in [-0.2, 0) is 11.3 Å². The summed E-state index contributed by atoms with van der Waals surface area (Å²) in [5.41, 5.74) is 0. The van der Waals surface area contributed by atoms with E-state index in [-0.39, 0.29) is 17.6 Å². The highest BCUT2D eigenvalue weighted by Gasteiger charge is 2.31. The molecule has 1 amide bonds. The average Bonchev–Trinajstić information content (AvgIpc) is 2.62. The third kappa shape index (κ3) is 5.40. The number of nitrogens with zero attached hydrogens (tertiary/aromatic N) is 3. The molecule has 20 heavy (non-hydrogen) atoms. The van der Waals surface area contributed by atoms with E-state index >= 15 is 0 Å². The van der Waals surface area contributed by atoms with Gasteiger partial charge in [-0.3, -0.25) is 4.79 Å². The van der Waals surface area contributed by atoms with Crippen LogP contribution < -0.4 is 5.32 Å². The number of carbonyl (C=O) groups excluding carboxylic acids is 1. The van der Waals surface area contributed by atoms with Crippen LogP contribution in [0.1, 0.15) is 31.0 Å². The summed E-state index contributed by atoms with van der Waals surface area (Å²) in [6, 6.07) is -0.566. The van der Waals surface area contributed by atoms with E-state index < -0.39 is 18.8 Å². The molecule has 5 nitrogen and oxygen atoms in total. The van der Waals surface area contributed by atoms with E-state index in [1.54, 1.807) is 11.8 Å². The van der Waals surface area contributed by atoms with Crippen LogP contribution in [0, 0.1) is 6.92 Å². The van der Waals surface area contributed by atoms with Crippen LogP contribution in [0.15, 0.2) is 0 Å². The van der Waals surface area contributed by atoms with Crippen LogP contribution >= 0.6 is 11.8 Å². The first-order valence-corrected chi connectivity index (χ1v) is 7.36. The van der Waals surface area contributed by atoms with Gasteiger partial charge < -0.3 is 5.32 Å². The van der Waals surface area contributed by atoms with E-state index in [0.29, 0.717) is 12.2 Å². The molecule has 1 N–H and O–H groups in total. The Kier molecular flexibility index (Phi) is 5.85. The monoisotopic (exact) mass is 310 g/mol. The highest BCUT2D eigenvalue weighted by Crippen LogP contribution is 2.22. The van der Waals surface area contributed by atoms with Crippen LogP contribution in [0.3, 0.4) is 0 Å². The predicted molar refractivity (Wildman–Crippen MR) is 70.4 cm³/mol. The fraction of sp³-hybridized carbons (Fsp3) is 0.727. The Hall–Kier alpha value is -1.25. The minimum absolute atomic E-state index is 0.143. The summed E-state index contributed by atoms with van der Waals surface area (Å²) in [4.78, 5) is 15.2. The lowest BCUT2D eigenvalue weighted by molar-refractivity contribution is -0.143. The van der Waals surface area contributed by atoms with Crippen molar-refractivity contribution >= 4 is 17.7 Å². The topological polar surface area (TPSA) is 59.8 Å². The minimum Gasteiger partial charge on any atom is -0.346 e. The molecule has 0 fully saturated rings. The zero-order valence-corrected chi connectivity index (χ0v) is 12.3. The molecule has 0 bridgehead atoms. The van der Waals surface area contributed by atoms with Crippen LogP contribution in [0.25, 0.3) is 0 Å². The van der Waals surface area contributed by atoms with Crippen LogP contribution in [0.2, 0.25) is 0 Å². The van der Waals surface area contributed by atoms with E-state index in [2.05, 4.69) is 15.4 Å². The van der Waals surface area contributed by atoms with Gasteiger partial charge in [0.05, 0.1) is 6.04 Å². The fourth-order valence-electron chi connectivity index (χ4n) is 1.76. The van der Waals surface area contributed by atoms with Crippen molar-refractivity contribution in [2.45, 2.75) is 39.0 Å². The summed E-state index contributed by atoms with van der Waals surface area (Å²) in [5, 5.41) is 6.39. The number of nitrogens with one attached hydrogen (secondary N) is 1. The van der Waals surface area contributed by atoms with Crippen molar-refractivity contribution < 1.29 is 18.0 Å². The van der Waals surface area contributed by atoms with Crippen molar-refractivity contribution in [2.24, 2.45) is 0 Å². The average molecular weight is 310 g/mol. The van der Waals surface area contributed by atoms with E-state index in [4.69, 9.17) is 0 Å². The van der Waals surface area contributed by atoms with Gasteiger partial charge in [0.2, 0.25) is 5.91 Å². The van der Waals surface area contributed by atoms with Crippen LogP contribution in [-0.4, -0.2) is 38.9 Å². The number of hydrogen-bond donors (Lipinski definition) is 1. The zero-order chi connectivity index (χ0) is 15.3. The van der Waals surface area contributed by atoms with Crippen molar-refractivity contribution in [1.29, 1.82) is 0 Å². The summed E-state index contributed by atoms with van der Waals surface area (Å²) in [7, 11) is 0. The first kappa shape index (κ1) is 16.8. The first-order chi connectivity index (χ1) is 9.23. The molecule has 114 valence electrons. The smallest absolute Gasteiger partial charge is 0.346 e. The summed E-state index contributed by atoms with van der Waals surface area (Å²) < 4.78 is 38.4. The highest BCUT2D eigenvalue weighted by molar-refractivity contribution is 7.98. The second kappa shape index (κ2) is 6.96. The predicted octanol–water partition coefficient (Wildman–Crippen LogP) is 2.08. The van der Waals surface area contributed by atoms with Gasteiger partial charge in [-0.2, -0.15) is 30.0 Å². The molecule has 0 radical (unpaired) electrons. The number of rotatable bonds is 6. The first-order valence-electron chi connectivity index (χ1n) is 5.97. The molecular weight excluding hydrogens is 293 g/mol. The minimum atomic E-state index is -4.38. The third-order valence-corrected chi connectivity index (χ3v) is 3.08. The van der Waals surface area contributed by atoms with Gasteiger partial charge in [0, 0.05) is 6.92 Å². The second-order valence-electron chi connectivity index (χ2n) is 4.32. The molecule has 0 unspecified atom stereocenters. The summed E-state index contributed by atoms with van der Waals surface area (Å²) in [6.45, 7) is 1.64. The Balaban J connectivity index is 3.01. The van der Waals surface area contributed by atoms with Crippen molar-refractivity contribution in [3.8, 4) is 0 Å². The third-order valence-electron chi connectivity index (χ3n) is 2.44. The Bertz CT molecular complexity index is 461. The summed E-state index contributed by atoms with van der Waals surface area (Å²) >= 11 is 1.55. The number of alkyl halides is 3. The molecule has 1 aromatic heterocycles. The number of hydrogen-bond acceptors (Lipinski definition) is 4. The van der Waals surface area contributed by atoms with Gasteiger partial charge in [0.15, 0.2) is 0 Å². The molecular formula is C11H17F3N4OS. The summed E-state index contributed by atoms with van der Waals surface area (Å²) in [6.07, 6.45) is -2.00. The van der Waals surface area contributed by atoms with Gasteiger partial charge in [-0.1, -0.05) is 0 Å². The lowest BCUT2D eigenvalue weighted by Crippen LogP contribution is -2.31. The lowest BCUT2D eigenvalue weighted by Gasteiger charge is -2.18. The molecule has 1 aromatic rings. The lowest BCUT2D eigenvalue weighted by atomic mass is 10.2. The number of amides is 1. The Morgan fingerprint density at radius 2 is 2.15 bits per heavy atom. The fourth-order valence-corrected chi connectivity index (χ4v) is 2.23. The maximum atomic E-state index is 12.5. The molecule has 9 heteroatoms. The molecule has 0 aromatic carbocycles. The van der Waals surface area contributed by atoms with Crippen LogP contribution in [0.4, 0.5) is 13.2 Å². The Labute approximate surface area is 119 Å². The highest BCUT2D eigenvalue weighted by atomic mass is 32.2. The van der Waals surface area contributed by atoms with E-state index in [1.807, 2.05) is 6.26 Å². The maximum absolute atomic E-state index is 12.5.